The summed E-state index contributed by atoms with van der Waals surface area (Å²) in [5, 5.41) is 13.7. The van der Waals surface area contributed by atoms with Crippen molar-refractivity contribution in [3.63, 3.8) is 0 Å². The Morgan fingerprint density at radius 2 is 2.00 bits per heavy atom. The standard InChI is InChI=1S/C17H14BrN3O4S/c1-10-3-5-15(16(19-10)21(22)23)25-8-12-9-26-17(20-12)13-7-11(18)4-6-14(13)24-2/h3-7,9H,8H2,1-2H3. The molecule has 0 saturated carbocycles. The number of aromatic nitrogens is 2. The Morgan fingerprint density at radius 1 is 1.23 bits per heavy atom. The van der Waals surface area contributed by atoms with Gasteiger partial charge in [0.25, 0.3) is 0 Å². The van der Waals surface area contributed by atoms with Crippen LogP contribution in [-0.2, 0) is 6.61 Å². The van der Waals surface area contributed by atoms with E-state index < -0.39 is 4.92 Å². The van der Waals surface area contributed by atoms with Crippen LogP contribution >= 0.6 is 27.3 Å². The van der Waals surface area contributed by atoms with Crippen molar-refractivity contribution in [2.75, 3.05) is 7.11 Å². The van der Waals surface area contributed by atoms with E-state index in [4.69, 9.17) is 9.47 Å². The van der Waals surface area contributed by atoms with Gasteiger partial charge in [0.15, 0.2) is 0 Å². The molecule has 1 aromatic carbocycles. The maximum Gasteiger partial charge on any atom is 0.406 e. The lowest BCUT2D eigenvalue weighted by Gasteiger charge is -2.06. The first-order chi connectivity index (χ1) is 12.5. The van der Waals surface area contributed by atoms with Gasteiger partial charge in [0.05, 0.1) is 18.4 Å². The van der Waals surface area contributed by atoms with E-state index in [1.807, 2.05) is 23.6 Å². The van der Waals surface area contributed by atoms with Crippen molar-refractivity contribution in [1.82, 2.24) is 9.97 Å². The predicted octanol–water partition coefficient (Wildman–Crippen LogP) is 4.77. The van der Waals surface area contributed by atoms with E-state index in [1.54, 1.807) is 26.2 Å². The van der Waals surface area contributed by atoms with E-state index in [2.05, 4.69) is 25.9 Å². The van der Waals surface area contributed by atoms with Gasteiger partial charge in [-0.25, -0.2) is 4.98 Å². The minimum absolute atomic E-state index is 0.110. The summed E-state index contributed by atoms with van der Waals surface area (Å²) in [4.78, 5) is 19.0. The zero-order chi connectivity index (χ0) is 18.7. The molecule has 134 valence electrons. The fourth-order valence-corrected chi connectivity index (χ4v) is 3.46. The van der Waals surface area contributed by atoms with Crippen molar-refractivity contribution in [2.45, 2.75) is 13.5 Å². The lowest BCUT2D eigenvalue weighted by molar-refractivity contribution is -0.390. The molecule has 0 saturated heterocycles. The second kappa shape index (κ2) is 7.79. The first kappa shape index (κ1) is 18.3. The summed E-state index contributed by atoms with van der Waals surface area (Å²) in [6, 6.07) is 8.89. The highest BCUT2D eigenvalue weighted by molar-refractivity contribution is 9.10. The van der Waals surface area contributed by atoms with Crippen molar-refractivity contribution in [3.8, 4) is 22.1 Å². The number of halogens is 1. The van der Waals surface area contributed by atoms with Gasteiger partial charge in [-0.1, -0.05) is 15.9 Å². The van der Waals surface area contributed by atoms with Crippen molar-refractivity contribution >= 4 is 33.1 Å². The highest BCUT2D eigenvalue weighted by Gasteiger charge is 2.18. The Bertz CT molecular complexity index is 961. The van der Waals surface area contributed by atoms with Gasteiger partial charge < -0.3 is 19.6 Å². The lowest BCUT2D eigenvalue weighted by Crippen LogP contribution is -2.02. The quantitative estimate of drug-likeness (QED) is 0.409. The average Bonchev–Trinajstić information content (AvgIpc) is 3.09. The van der Waals surface area contributed by atoms with Crippen LogP contribution in [0.3, 0.4) is 0 Å². The Kier molecular flexibility index (Phi) is 5.48. The van der Waals surface area contributed by atoms with Crippen LogP contribution in [0.25, 0.3) is 10.6 Å². The molecule has 0 amide bonds. The summed E-state index contributed by atoms with van der Waals surface area (Å²) < 4.78 is 11.9. The van der Waals surface area contributed by atoms with E-state index in [9.17, 15) is 10.1 Å². The minimum Gasteiger partial charge on any atom is -0.496 e. The number of pyridine rings is 1. The molecular weight excluding hydrogens is 422 g/mol. The number of thiazole rings is 1. The number of ether oxygens (including phenoxy) is 2. The highest BCUT2D eigenvalue weighted by atomic mass is 79.9. The topological polar surface area (TPSA) is 87.4 Å². The predicted molar refractivity (Wildman–Crippen MR) is 102 cm³/mol. The summed E-state index contributed by atoms with van der Waals surface area (Å²) in [6.07, 6.45) is 0. The van der Waals surface area contributed by atoms with Gasteiger partial charge in [0, 0.05) is 16.8 Å². The van der Waals surface area contributed by atoms with Crippen LogP contribution in [0.4, 0.5) is 5.82 Å². The Morgan fingerprint density at radius 3 is 2.73 bits per heavy atom. The van der Waals surface area contributed by atoms with Gasteiger partial charge in [-0.2, -0.15) is 0 Å². The monoisotopic (exact) mass is 435 g/mol. The first-order valence-electron chi connectivity index (χ1n) is 7.51. The van der Waals surface area contributed by atoms with Gasteiger partial charge in [-0.05, 0) is 40.2 Å². The second-order valence-electron chi connectivity index (χ2n) is 5.31. The van der Waals surface area contributed by atoms with E-state index in [0.29, 0.717) is 17.1 Å². The van der Waals surface area contributed by atoms with Gasteiger partial charge in [-0.15, -0.1) is 11.3 Å². The number of methoxy groups -OCH3 is 1. The fourth-order valence-electron chi connectivity index (χ4n) is 2.27. The third kappa shape index (κ3) is 4.00. The molecule has 0 aliphatic rings. The number of hydrogen-bond acceptors (Lipinski definition) is 7. The molecule has 7 nitrogen and oxygen atoms in total. The van der Waals surface area contributed by atoms with Crippen LogP contribution < -0.4 is 9.47 Å². The molecule has 0 aliphatic heterocycles. The summed E-state index contributed by atoms with van der Waals surface area (Å²) in [5.41, 5.74) is 2.09. The number of nitro groups is 1. The van der Waals surface area contributed by atoms with Crippen LogP contribution in [0.2, 0.25) is 0 Å². The number of benzene rings is 1. The van der Waals surface area contributed by atoms with Gasteiger partial charge in [0.1, 0.15) is 23.1 Å². The summed E-state index contributed by atoms with van der Waals surface area (Å²) in [7, 11) is 1.61. The average molecular weight is 436 g/mol. The number of rotatable bonds is 6. The van der Waals surface area contributed by atoms with E-state index >= 15 is 0 Å². The molecule has 26 heavy (non-hydrogen) atoms. The fraction of sp³-hybridized carbons (Fsp3) is 0.176. The smallest absolute Gasteiger partial charge is 0.406 e. The molecule has 0 bridgehead atoms. The third-order valence-electron chi connectivity index (χ3n) is 3.47. The Balaban J connectivity index is 1.80. The molecule has 0 N–H and O–H groups in total. The molecule has 0 aliphatic carbocycles. The Labute approximate surface area is 161 Å². The molecule has 0 radical (unpaired) electrons. The van der Waals surface area contributed by atoms with Gasteiger partial charge in [0.2, 0.25) is 5.75 Å². The van der Waals surface area contributed by atoms with Crippen LogP contribution in [-0.4, -0.2) is 22.0 Å². The van der Waals surface area contributed by atoms with Crippen LogP contribution in [0.15, 0.2) is 40.2 Å². The number of aryl methyl sites for hydroxylation is 1. The first-order valence-corrected chi connectivity index (χ1v) is 9.18. The molecule has 0 unspecified atom stereocenters. The maximum atomic E-state index is 11.1. The third-order valence-corrected chi connectivity index (χ3v) is 4.89. The maximum absolute atomic E-state index is 11.1. The number of hydrogen-bond donors (Lipinski definition) is 0. The molecule has 3 rings (SSSR count). The van der Waals surface area contributed by atoms with Crippen molar-refractivity contribution in [3.05, 3.63) is 61.7 Å². The molecule has 0 spiro atoms. The molecule has 3 aromatic rings. The van der Waals surface area contributed by atoms with Crippen LogP contribution in [0, 0.1) is 17.0 Å². The van der Waals surface area contributed by atoms with Crippen LogP contribution in [0.5, 0.6) is 11.5 Å². The Hall–Kier alpha value is -2.52. The molecular formula is C17H14BrN3O4S. The second-order valence-corrected chi connectivity index (χ2v) is 7.08. The van der Waals surface area contributed by atoms with Crippen molar-refractivity contribution in [1.29, 1.82) is 0 Å². The van der Waals surface area contributed by atoms with E-state index in [1.165, 1.54) is 11.3 Å². The SMILES string of the molecule is COc1ccc(Br)cc1-c1nc(COc2ccc(C)nc2[N+](=O)[O-])cs1. The van der Waals surface area contributed by atoms with Crippen molar-refractivity contribution in [2.24, 2.45) is 0 Å². The summed E-state index contributed by atoms with van der Waals surface area (Å²) in [5.74, 6) is 0.540. The number of nitrogens with zero attached hydrogens (tertiary/aromatic N) is 3. The normalized spacial score (nSPS) is 10.6. The molecule has 9 heteroatoms. The largest absolute Gasteiger partial charge is 0.496 e. The minimum atomic E-state index is -0.554. The summed E-state index contributed by atoms with van der Waals surface area (Å²) in [6.45, 7) is 1.80. The van der Waals surface area contributed by atoms with Crippen molar-refractivity contribution < 1.29 is 14.4 Å². The molecule has 0 fully saturated rings. The van der Waals surface area contributed by atoms with Gasteiger partial charge >= 0.3 is 5.82 Å². The molecule has 0 atom stereocenters. The van der Waals surface area contributed by atoms with Crippen LogP contribution in [0.1, 0.15) is 11.4 Å². The van der Waals surface area contributed by atoms with E-state index in [0.717, 1.165) is 15.0 Å². The highest BCUT2D eigenvalue weighted by Crippen LogP contribution is 2.35. The zero-order valence-electron chi connectivity index (χ0n) is 13.9. The summed E-state index contributed by atoms with van der Waals surface area (Å²) >= 11 is 4.89. The zero-order valence-corrected chi connectivity index (χ0v) is 16.3. The van der Waals surface area contributed by atoms with Gasteiger partial charge in [-0.3, -0.25) is 0 Å². The van der Waals surface area contributed by atoms with E-state index in [-0.39, 0.29) is 18.2 Å². The molecule has 2 aromatic heterocycles. The molecule has 2 heterocycles. The lowest BCUT2D eigenvalue weighted by atomic mass is 10.2.